The molecule has 0 spiro atoms. The van der Waals surface area contributed by atoms with Crippen LogP contribution in [0.5, 0.6) is 0 Å². The van der Waals surface area contributed by atoms with Crippen LogP contribution in [0.2, 0.25) is 0 Å². The molecule has 0 rings (SSSR count). The molecule has 0 aliphatic heterocycles. The average Bonchev–Trinajstić information content (AvgIpc) is 1.68. The number of thiocarbonyl (C=S) groups is 1. The lowest BCUT2D eigenvalue weighted by atomic mass is 10.4. The number of hydrogen-bond acceptors (Lipinski definition) is 1. The lowest BCUT2D eigenvalue weighted by molar-refractivity contribution is 2.29. The molecule has 0 fully saturated rings. The van der Waals surface area contributed by atoms with E-state index in [1.54, 1.807) is 12.2 Å². The maximum Gasteiger partial charge on any atom is 0.0371 e. The largest absolute Gasteiger partial charge is 0.114 e. The Morgan fingerprint density at radius 2 is 2.29 bits per heavy atom. The van der Waals surface area contributed by atoms with Crippen LogP contribution in [0, 0.1) is 0 Å². The normalized spacial score (nSPS) is 9.29. The monoisotopic (exact) mass is 130 g/mol. The highest BCUT2D eigenvalue weighted by molar-refractivity contribution is 7.81. The Balaban J connectivity index is 3.58. The van der Waals surface area contributed by atoms with Gasteiger partial charge in [-0.1, -0.05) is 30.7 Å². The SMILES string of the molecule is C=CC(=S)C=CP. The molecule has 0 amide bonds. The van der Waals surface area contributed by atoms with Crippen LogP contribution in [0.1, 0.15) is 0 Å². The van der Waals surface area contributed by atoms with Crippen LogP contribution in [0.15, 0.2) is 24.5 Å². The Morgan fingerprint density at radius 1 is 1.71 bits per heavy atom. The zero-order valence-corrected chi connectivity index (χ0v) is 5.90. The van der Waals surface area contributed by atoms with Crippen LogP contribution >= 0.6 is 21.5 Å². The van der Waals surface area contributed by atoms with E-state index >= 15 is 0 Å². The zero-order chi connectivity index (χ0) is 5.70. The lowest BCUT2D eigenvalue weighted by Gasteiger charge is -1.76. The Labute approximate surface area is 51.5 Å². The third-order valence-corrected chi connectivity index (χ3v) is 0.957. The van der Waals surface area contributed by atoms with Crippen LogP contribution in [0.25, 0.3) is 0 Å². The smallest absolute Gasteiger partial charge is 0.0371 e. The minimum atomic E-state index is 0.773. The molecule has 0 aromatic carbocycles. The summed E-state index contributed by atoms with van der Waals surface area (Å²) < 4.78 is 0. The molecule has 0 aliphatic carbocycles. The molecular formula is C5H7PS. The van der Waals surface area contributed by atoms with Crippen molar-refractivity contribution in [3.05, 3.63) is 24.5 Å². The van der Waals surface area contributed by atoms with Crippen LogP contribution in [0.4, 0.5) is 0 Å². The van der Waals surface area contributed by atoms with Gasteiger partial charge >= 0.3 is 0 Å². The van der Waals surface area contributed by atoms with Crippen LogP contribution in [-0.2, 0) is 0 Å². The van der Waals surface area contributed by atoms with Crippen molar-refractivity contribution in [1.29, 1.82) is 0 Å². The van der Waals surface area contributed by atoms with Gasteiger partial charge in [-0.25, -0.2) is 0 Å². The van der Waals surface area contributed by atoms with Crippen molar-refractivity contribution in [1.82, 2.24) is 0 Å². The summed E-state index contributed by atoms with van der Waals surface area (Å²) in [5.41, 5.74) is 0. The van der Waals surface area contributed by atoms with E-state index in [1.807, 2.05) is 5.82 Å². The van der Waals surface area contributed by atoms with Crippen molar-refractivity contribution in [2.75, 3.05) is 0 Å². The molecule has 0 saturated carbocycles. The van der Waals surface area contributed by atoms with E-state index in [-0.39, 0.29) is 0 Å². The molecular weight excluding hydrogens is 123 g/mol. The third kappa shape index (κ3) is 3.84. The van der Waals surface area contributed by atoms with Gasteiger partial charge in [0, 0.05) is 4.86 Å². The molecule has 7 heavy (non-hydrogen) atoms. The second-order valence-electron chi connectivity index (χ2n) is 0.966. The first-order valence-electron chi connectivity index (χ1n) is 1.86. The second kappa shape index (κ2) is 4.17. The first kappa shape index (κ1) is 7.00. The molecule has 38 valence electrons. The molecule has 0 aliphatic rings. The van der Waals surface area contributed by atoms with E-state index in [1.165, 1.54) is 0 Å². The van der Waals surface area contributed by atoms with Crippen molar-refractivity contribution in [2.24, 2.45) is 0 Å². The lowest BCUT2D eigenvalue weighted by Crippen LogP contribution is -1.74. The second-order valence-corrected chi connectivity index (χ2v) is 1.82. The van der Waals surface area contributed by atoms with E-state index in [0.717, 1.165) is 4.86 Å². The summed E-state index contributed by atoms with van der Waals surface area (Å²) in [6.45, 7) is 3.48. The number of hydrogen-bond donors (Lipinski definition) is 0. The van der Waals surface area contributed by atoms with E-state index in [2.05, 4.69) is 15.8 Å². The van der Waals surface area contributed by atoms with Gasteiger partial charge in [-0.15, -0.1) is 9.24 Å². The van der Waals surface area contributed by atoms with Gasteiger partial charge < -0.3 is 0 Å². The standard InChI is InChI=1S/C5H7PS/c1-2-5(7)3-4-6/h2-4H,1,6H2. The summed E-state index contributed by atoms with van der Waals surface area (Å²) in [5.74, 6) is 1.81. The summed E-state index contributed by atoms with van der Waals surface area (Å²) in [6.07, 6.45) is 3.43. The van der Waals surface area contributed by atoms with E-state index in [0.29, 0.717) is 0 Å². The zero-order valence-electron chi connectivity index (χ0n) is 3.92. The molecule has 2 heteroatoms. The predicted molar refractivity (Wildman–Crippen MR) is 41.6 cm³/mol. The van der Waals surface area contributed by atoms with Crippen LogP contribution in [-0.4, -0.2) is 4.86 Å². The Hall–Kier alpha value is -0.0000000000000000555. The Bertz CT molecular complexity index is 105. The van der Waals surface area contributed by atoms with Crippen molar-refractivity contribution >= 4 is 26.3 Å². The molecule has 0 bridgehead atoms. The topological polar surface area (TPSA) is 0 Å². The molecule has 1 unspecified atom stereocenters. The average molecular weight is 130 g/mol. The van der Waals surface area contributed by atoms with Crippen LogP contribution < -0.4 is 0 Å². The molecule has 0 N–H and O–H groups in total. The summed E-state index contributed by atoms with van der Waals surface area (Å²) in [6, 6.07) is 0. The minimum Gasteiger partial charge on any atom is -0.114 e. The molecule has 0 aromatic heterocycles. The Kier molecular flexibility index (Phi) is 4.17. The quantitative estimate of drug-likeness (QED) is 0.312. The first-order valence-corrected chi connectivity index (χ1v) is 2.93. The highest BCUT2D eigenvalue weighted by atomic mass is 32.1. The maximum atomic E-state index is 4.74. The fraction of sp³-hybridized carbons (Fsp3) is 0. The maximum absolute atomic E-state index is 4.74. The van der Waals surface area contributed by atoms with Gasteiger partial charge in [-0.2, -0.15) is 0 Å². The van der Waals surface area contributed by atoms with Crippen molar-refractivity contribution in [2.45, 2.75) is 0 Å². The van der Waals surface area contributed by atoms with E-state index in [9.17, 15) is 0 Å². The third-order valence-electron chi connectivity index (χ3n) is 0.462. The fourth-order valence-corrected chi connectivity index (χ4v) is 0.588. The van der Waals surface area contributed by atoms with E-state index in [4.69, 9.17) is 12.2 Å². The molecule has 0 heterocycles. The summed E-state index contributed by atoms with van der Waals surface area (Å²) >= 11 is 4.74. The van der Waals surface area contributed by atoms with Gasteiger partial charge in [0.1, 0.15) is 0 Å². The van der Waals surface area contributed by atoms with Gasteiger partial charge in [-0.3, -0.25) is 0 Å². The predicted octanol–water partition coefficient (Wildman–Crippen LogP) is 1.93. The van der Waals surface area contributed by atoms with Crippen molar-refractivity contribution in [3.63, 3.8) is 0 Å². The van der Waals surface area contributed by atoms with Gasteiger partial charge in [0.2, 0.25) is 0 Å². The highest BCUT2D eigenvalue weighted by Gasteiger charge is 1.72. The van der Waals surface area contributed by atoms with Gasteiger partial charge in [0.05, 0.1) is 0 Å². The fourth-order valence-electron chi connectivity index (χ4n) is 0.163. The molecule has 0 radical (unpaired) electrons. The number of rotatable bonds is 2. The van der Waals surface area contributed by atoms with Crippen molar-refractivity contribution < 1.29 is 0 Å². The molecule has 0 aromatic rings. The Morgan fingerprint density at radius 3 is 2.43 bits per heavy atom. The minimum absolute atomic E-state index is 0.773. The first-order chi connectivity index (χ1) is 3.31. The number of allylic oxidation sites excluding steroid dienone is 2. The van der Waals surface area contributed by atoms with Gasteiger partial charge in [0.15, 0.2) is 0 Å². The molecule has 1 atom stereocenters. The van der Waals surface area contributed by atoms with E-state index < -0.39 is 0 Å². The summed E-state index contributed by atoms with van der Waals surface area (Å²) in [4.78, 5) is 0.773. The summed E-state index contributed by atoms with van der Waals surface area (Å²) in [7, 11) is 2.44. The van der Waals surface area contributed by atoms with Gasteiger partial charge in [-0.05, 0) is 6.08 Å². The van der Waals surface area contributed by atoms with Crippen molar-refractivity contribution in [3.8, 4) is 0 Å². The van der Waals surface area contributed by atoms with Crippen LogP contribution in [0.3, 0.4) is 0 Å². The summed E-state index contributed by atoms with van der Waals surface area (Å²) in [5, 5.41) is 0. The highest BCUT2D eigenvalue weighted by Crippen LogP contribution is 1.86. The molecule has 0 nitrogen and oxygen atoms in total. The molecule has 0 saturated heterocycles. The van der Waals surface area contributed by atoms with Gasteiger partial charge in [0.25, 0.3) is 0 Å².